The lowest BCUT2D eigenvalue weighted by Gasteiger charge is -2.13. The van der Waals surface area contributed by atoms with Crippen LogP contribution in [0.5, 0.6) is 5.75 Å². The normalized spacial score (nSPS) is 11.9. The van der Waals surface area contributed by atoms with E-state index < -0.39 is 17.9 Å². The van der Waals surface area contributed by atoms with Gasteiger partial charge in [-0.15, -0.1) is 0 Å². The Hall–Kier alpha value is -3.08. The molecule has 0 aliphatic carbocycles. The molecular formula is C20H21NO4. The second-order valence-electron chi connectivity index (χ2n) is 5.43. The van der Waals surface area contributed by atoms with Crippen LogP contribution in [-0.4, -0.2) is 29.6 Å². The molecule has 2 rings (SSSR count). The van der Waals surface area contributed by atoms with E-state index in [4.69, 9.17) is 4.74 Å². The number of hydrogen-bond acceptors (Lipinski definition) is 3. The van der Waals surface area contributed by atoms with E-state index in [9.17, 15) is 14.7 Å². The molecule has 0 fully saturated rings. The van der Waals surface area contributed by atoms with E-state index in [1.54, 1.807) is 6.08 Å². The maximum absolute atomic E-state index is 12.0. The summed E-state index contributed by atoms with van der Waals surface area (Å²) in [6.45, 7) is 2.46. The van der Waals surface area contributed by atoms with Gasteiger partial charge >= 0.3 is 5.97 Å². The van der Waals surface area contributed by atoms with Crippen molar-refractivity contribution in [3.8, 4) is 5.75 Å². The van der Waals surface area contributed by atoms with E-state index in [0.717, 1.165) is 16.9 Å². The number of nitrogens with one attached hydrogen (secondary N) is 1. The highest BCUT2D eigenvalue weighted by atomic mass is 16.5. The summed E-state index contributed by atoms with van der Waals surface area (Å²) >= 11 is 0. The summed E-state index contributed by atoms with van der Waals surface area (Å²) in [5, 5.41) is 11.8. The minimum absolute atomic E-state index is 0.232. The smallest absolute Gasteiger partial charge is 0.326 e. The molecule has 25 heavy (non-hydrogen) atoms. The van der Waals surface area contributed by atoms with Crippen molar-refractivity contribution in [2.75, 3.05) is 6.61 Å². The molecule has 0 heterocycles. The summed E-state index contributed by atoms with van der Waals surface area (Å²) < 4.78 is 5.40. The molecule has 5 nitrogen and oxygen atoms in total. The number of amides is 1. The van der Waals surface area contributed by atoms with Gasteiger partial charge in [0, 0.05) is 12.5 Å². The van der Waals surface area contributed by atoms with Crippen LogP contribution in [0.4, 0.5) is 0 Å². The van der Waals surface area contributed by atoms with Crippen LogP contribution in [0.3, 0.4) is 0 Å². The Labute approximate surface area is 146 Å². The molecule has 0 unspecified atom stereocenters. The SMILES string of the molecule is CCOc1cccc(/C=C/C(=O)N[C@@H](Cc2ccccc2)C(=O)O)c1. The Balaban J connectivity index is 1.99. The van der Waals surface area contributed by atoms with Gasteiger partial charge in [0.15, 0.2) is 0 Å². The largest absolute Gasteiger partial charge is 0.494 e. The van der Waals surface area contributed by atoms with Gasteiger partial charge in [-0.25, -0.2) is 4.79 Å². The number of carboxylic acid groups (broad SMARTS) is 1. The van der Waals surface area contributed by atoms with Crippen molar-refractivity contribution in [3.05, 3.63) is 71.8 Å². The fourth-order valence-electron chi connectivity index (χ4n) is 2.32. The quantitative estimate of drug-likeness (QED) is 0.725. The Morgan fingerprint density at radius 1 is 1.16 bits per heavy atom. The van der Waals surface area contributed by atoms with Crippen LogP contribution in [0, 0.1) is 0 Å². The predicted octanol–water partition coefficient (Wildman–Crippen LogP) is 2.91. The van der Waals surface area contributed by atoms with Gasteiger partial charge in [-0.05, 0) is 36.3 Å². The van der Waals surface area contributed by atoms with Crippen molar-refractivity contribution in [3.63, 3.8) is 0 Å². The van der Waals surface area contributed by atoms with Crippen molar-refractivity contribution in [1.82, 2.24) is 5.32 Å². The molecule has 1 amide bonds. The molecule has 2 aromatic carbocycles. The molecule has 0 radical (unpaired) electrons. The van der Waals surface area contributed by atoms with Crippen LogP contribution in [-0.2, 0) is 16.0 Å². The molecule has 0 aliphatic rings. The summed E-state index contributed by atoms with van der Waals surface area (Å²) in [5.41, 5.74) is 1.65. The summed E-state index contributed by atoms with van der Waals surface area (Å²) in [7, 11) is 0. The van der Waals surface area contributed by atoms with Gasteiger partial charge in [-0.3, -0.25) is 4.79 Å². The number of rotatable bonds is 8. The van der Waals surface area contributed by atoms with Crippen LogP contribution in [0.15, 0.2) is 60.7 Å². The fraction of sp³-hybridized carbons (Fsp3) is 0.200. The molecule has 5 heteroatoms. The number of hydrogen-bond donors (Lipinski definition) is 2. The topological polar surface area (TPSA) is 75.6 Å². The summed E-state index contributed by atoms with van der Waals surface area (Å²) in [6, 6.07) is 15.5. The molecule has 0 spiro atoms. The van der Waals surface area contributed by atoms with Gasteiger partial charge in [-0.2, -0.15) is 0 Å². The monoisotopic (exact) mass is 339 g/mol. The van der Waals surface area contributed by atoms with E-state index >= 15 is 0 Å². The zero-order valence-corrected chi connectivity index (χ0v) is 14.0. The number of aliphatic carboxylic acids is 1. The Kier molecular flexibility index (Phi) is 6.77. The van der Waals surface area contributed by atoms with E-state index in [1.807, 2.05) is 61.5 Å². The van der Waals surface area contributed by atoms with Crippen molar-refractivity contribution in [1.29, 1.82) is 0 Å². The third-order valence-corrected chi connectivity index (χ3v) is 3.49. The minimum Gasteiger partial charge on any atom is -0.494 e. The lowest BCUT2D eigenvalue weighted by atomic mass is 10.1. The van der Waals surface area contributed by atoms with Gasteiger partial charge in [0.1, 0.15) is 11.8 Å². The van der Waals surface area contributed by atoms with E-state index in [2.05, 4.69) is 5.32 Å². The lowest BCUT2D eigenvalue weighted by molar-refractivity contribution is -0.141. The molecule has 1 atom stereocenters. The van der Waals surface area contributed by atoms with Crippen molar-refractivity contribution >= 4 is 18.0 Å². The number of ether oxygens (including phenoxy) is 1. The highest BCUT2D eigenvalue weighted by molar-refractivity contribution is 5.94. The Bertz CT molecular complexity index is 740. The third-order valence-electron chi connectivity index (χ3n) is 3.49. The van der Waals surface area contributed by atoms with Crippen LogP contribution in [0.2, 0.25) is 0 Å². The average molecular weight is 339 g/mol. The third kappa shape index (κ3) is 6.14. The maximum atomic E-state index is 12.0. The van der Waals surface area contributed by atoms with Crippen LogP contribution in [0.25, 0.3) is 6.08 Å². The maximum Gasteiger partial charge on any atom is 0.326 e. The first kappa shape index (κ1) is 18.3. The van der Waals surface area contributed by atoms with Crippen LogP contribution >= 0.6 is 0 Å². The van der Waals surface area contributed by atoms with E-state index in [1.165, 1.54) is 6.08 Å². The number of carbonyl (C=O) groups excluding carboxylic acids is 1. The fourth-order valence-corrected chi connectivity index (χ4v) is 2.32. The lowest BCUT2D eigenvalue weighted by Crippen LogP contribution is -2.41. The highest BCUT2D eigenvalue weighted by Gasteiger charge is 2.19. The van der Waals surface area contributed by atoms with Gasteiger partial charge in [0.2, 0.25) is 5.91 Å². The van der Waals surface area contributed by atoms with Crippen LogP contribution < -0.4 is 10.1 Å². The molecule has 0 saturated heterocycles. The van der Waals surface area contributed by atoms with Gasteiger partial charge in [0.05, 0.1) is 6.61 Å². The summed E-state index contributed by atoms with van der Waals surface area (Å²) in [5.74, 6) is -0.799. The van der Waals surface area contributed by atoms with E-state index in [0.29, 0.717) is 6.61 Å². The Morgan fingerprint density at radius 2 is 1.92 bits per heavy atom. The van der Waals surface area contributed by atoms with Gasteiger partial charge in [-0.1, -0.05) is 42.5 Å². The molecule has 130 valence electrons. The molecule has 0 saturated carbocycles. The standard InChI is InChI=1S/C20H21NO4/c1-2-25-17-10-6-9-16(13-17)11-12-19(22)21-18(20(23)24)14-15-7-4-3-5-8-15/h3-13,18H,2,14H2,1H3,(H,21,22)(H,23,24)/b12-11+/t18-/m0/s1. The van der Waals surface area contributed by atoms with Crippen LogP contribution in [0.1, 0.15) is 18.1 Å². The van der Waals surface area contributed by atoms with Gasteiger partial charge < -0.3 is 15.2 Å². The number of benzene rings is 2. The first-order valence-corrected chi connectivity index (χ1v) is 8.06. The predicted molar refractivity (Wildman–Crippen MR) is 96.4 cm³/mol. The average Bonchev–Trinajstić information content (AvgIpc) is 2.61. The van der Waals surface area contributed by atoms with Gasteiger partial charge in [0.25, 0.3) is 0 Å². The van der Waals surface area contributed by atoms with E-state index in [-0.39, 0.29) is 6.42 Å². The molecule has 2 aromatic rings. The minimum atomic E-state index is -1.07. The first-order chi connectivity index (χ1) is 12.1. The first-order valence-electron chi connectivity index (χ1n) is 8.06. The second-order valence-corrected chi connectivity index (χ2v) is 5.43. The second kappa shape index (κ2) is 9.27. The number of carbonyl (C=O) groups is 2. The van der Waals surface area contributed by atoms with Crippen molar-refractivity contribution in [2.24, 2.45) is 0 Å². The van der Waals surface area contributed by atoms with Crippen molar-refractivity contribution in [2.45, 2.75) is 19.4 Å². The zero-order valence-electron chi connectivity index (χ0n) is 14.0. The summed E-state index contributed by atoms with van der Waals surface area (Å²) in [4.78, 5) is 23.4. The molecule has 0 aromatic heterocycles. The highest BCUT2D eigenvalue weighted by Crippen LogP contribution is 2.14. The molecule has 0 bridgehead atoms. The summed E-state index contributed by atoms with van der Waals surface area (Å²) in [6.07, 6.45) is 3.18. The molecule has 0 aliphatic heterocycles. The zero-order chi connectivity index (χ0) is 18.1. The molecular weight excluding hydrogens is 318 g/mol. The Morgan fingerprint density at radius 3 is 2.60 bits per heavy atom. The van der Waals surface area contributed by atoms with Crippen molar-refractivity contribution < 1.29 is 19.4 Å². The molecule has 2 N–H and O–H groups in total. The number of carboxylic acids is 1.